The number of hydrogen-bond acceptors (Lipinski definition) is 3. The molecule has 5 nitrogen and oxygen atoms in total. The van der Waals surface area contributed by atoms with Gasteiger partial charge in [0.15, 0.2) is 0 Å². The van der Waals surface area contributed by atoms with E-state index in [0.717, 1.165) is 37.3 Å². The van der Waals surface area contributed by atoms with Gasteiger partial charge in [0.1, 0.15) is 0 Å². The minimum absolute atomic E-state index is 0.0699. The van der Waals surface area contributed by atoms with Crippen LogP contribution in [0.4, 0.5) is 0 Å². The molecule has 116 valence electrons. The molecule has 1 aliphatic heterocycles. The van der Waals surface area contributed by atoms with Crippen LogP contribution in [0.25, 0.3) is 5.69 Å². The number of piperidine rings is 1. The van der Waals surface area contributed by atoms with Crippen LogP contribution in [0, 0.1) is 6.92 Å². The van der Waals surface area contributed by atoms with E-state index in [0.29, 0.717) is 10.6 Å². The third-order valence-electron chi connectivity index (χ3n) is 3.94. The summed E-state index contributed by atoms with van der Waals surface area (Å²) in [6.45, 7) is 3.74. The van der Waals surface area contributed by atoms with Crippen molar-refractivity contribution in [3.8, 4) is 5.69 Å². The van der Waals surface area contributed by atoms with E-state index in [2.05, 4.69) is 15.7 Å². The lowest BCUT2D eigenvalue weighted by molar-refractivity contribution is 0.0930. The molecular formula is C16H19ClN4O. The van der Waals surface area contributed by atoms with E-state index in [-0.39, 0.29) is 11.9 Å². The highest BCUT2D eigenvalue weighted by Gasteiger charge is 2.20. The standard InChI is InChI=1S/C16H19ClN4O/c1-11-15(16(22)20-13-5-3-7-18-9-13)10-19-21(11)14-6-2-4-12(17)8-14/h2,4,6,8,10,13,18H,3,5,7,9H2,1H3,(H,20,22). The van der Waals surface area contributed by atoms with E-state index in [9.17, 15) is 4.79 Å². The van der Waals surface area contributed by atoms with E-state index < -0.39 is 0 Å². The Kier molecular flexibility index (Phi) is 4.45. The molecule has 6 heteroatoms. The monoisotopic (exact) mass is 318 g/mol. The highest BCUT2D eigenvalue weighted by Crippen LogP contribution is 2.18. The smallest absolute Gasteiger partial charge is 0.255 e. The molecule has 0 bridgehead atoms. The third kappa shape index (κ3) is 3.15. The molecule has 1 aliphatic rings. The first kappa shape index (κ1) is 15.1. The van der Waals surface area contributed by atoms with Crippen LogP contribution in [-0.2, 0) is 0 Å². The van der Waals surface area contributed by atoms with Crippen LogP contribution in [0.5, 0.6) is 0 Å². The molecule has 1 unspecified atom stereocenters. The highest BCUT2D eigenvalue weighted by atomic mass is 35.5. The summed E-state index contributed by atoms with van der Waals surface area (Å²) in [7, 11) is 0. The summed E-state index contributed by atoms with van der Waals surface area (Å²) in [5.41, 5.74) is 2.26. The Morgan fingerprint density at radius 1 is 1.50 bits per heavy atom. The Labute approximate surface area is 134 Å². The molecular weight excluding hydrogens is 300 g/mol. The molecule has 0 spiro atoms. The molecule has 1 atom stereocenters. The zero-order chi connectivity index (χ0) is 15.5. The molecule has 1 aromatic heterocycles. The Balaban J connectivity index is 1.79. The number of carbonyl (C=O) groups excluding carboxylic acids is 1. The van der Waals surface area contributed by atoms with Crippen LogP contribution in [0.3, 0.4) is 0 Å². The fourth-order valence-corrected chi connectivity index (χ4v) is 2.92. The van der Waals surface area contributed by atoms with Crippen LogP contribution in [0.2, 0.25) is 5.02 Å². The summed E-state index contributed by atoms with van der Waals surface area (Å²) in [5.74, 6) is -0.0699. The molecule has 1 amide bonds. The Morgan fingerprint density at radius 3 is 3.09 bits per heavy atom. The highest BCUT2D eigenvalue weighted by molar-refractivity contribution is 6.30. The molecule has 1 aromatic carbocycles. The van der Waals surface area contributed by atoms with Crippen molar-refractivity contribution in [2.45, 2.75) is 25.8 Å². The van der Waals surface area contributed by atoms with Crippen LogP contribution in [-0.4, -0.2) is 34.8 Å². The van der Waals surface area contributed by atoms with E-state index in [4.69, 9.17) is 11.6 Å². The molecule has 2 N–H and O–H groups in total. The van der Waals surface area contributed by atoms with Gasteiger partial charge < -0.3 is 10.6 Å². The fraction of sp³-hybridized carbons (Fsp3) is 0.375. The van der Waals surface area contributed by atoms with Crippen molar-refractivity contribution < 1.29 is 4.79 Å². The number of hydrogen-bond donors (Lipinski definition) is 2. The Bertz CT molecular complexity index is 677. The van der Waals surface area contributed by atoms with Gasteiger partial charge in [0.2, 0.25) is 0 Å². The van der Waals surface area contributed by atoms with Gasteiger partial charge in [-0.25, -0.2) is 4.68 Å². The molecule has 2 aromatic rings. The van der Waals surface area contributed by atoms with E-state index in [1.807, 2.05) is 31.2 Å². The summed E-state index contributed by atoms with van der Waals surface area (Å²) in [5, 5.41) is 11.3. The summed E-state index contributed by atoms with van der Waals surface area (Å²) < 4.78 is 1.74. The maximum absolute atomic E-state index is 12.4. The van der Waals surface area contributed by atoms with Gasteiger partial charge >= 0.3 is 0 Å². The van der Waals surface area contributed by atoms with Gasteiger partial charge in [0.25, 0.3) is 5.91 Å². The molecule has 3 rings (SSSR count). The van der Waals surface area contributed by atoms with Crippen molar-refractivity contribution in [1.29, 1.82) is 0 Å². The normalized spacial score (nSPS) is 18.2. The first-order chi connectivity index (χ1) is 10.6. The second-order valence-electron chi connectivity index (χ2n) is 5.55. The van der Waals surface area contributed by atoms with Crippen molar-refractivity contribution in [1.82, 2.24) is 20.4 Å². The average molecular weight is 319 g/mol. The summed E-state index contributed by atoms with van der Waals surface area (Å²) in [6, 6.07) is 7.61. The van der Waals surface area contributed by atoms with Crippen molar-refractivity contribution in [3.63, 3.8) is 0 Å². The number of carbonyl (C=O) groups is 1. The number of halogens is 1. The third-order valence-corrected chi connectivity index (χ3v) is 4.17. The van der Waals surface area contributed by atoms with Crippen molar-refractivity contribution in [3.05, 3.63) is 46.7 Å². The molecule has 1 saturated heterocycles. The Hall–Kier alpha value is -1.85. The van der Waals surface area contributed by atoms with Gasteiger partial charge in [-0.1, -0.05) is 17.7 Å². The van der Waals surface area contributed by atoms with Crippen molar-refractivity contribution in [2.75, 3.05) is 13.1 Å². The van der Waals surface area contributed by atoms with Crippen LogP contribution < -0.4 is 10.6 Å². The lowest BCUT2D eigenvalue weighted by Gasteiger charge is -2.23. The number of aromatic nitrogens is 2. The largest absolute Gasteiger partial charge is 0.348 e. The maximum Gasteiger partial charge on any atom is 0.255 e. The molecule has 0 saturated carbocycles. The average Bonchev–Trinajstić information content (AvgIpc) is 2.90. The number of nitrogens with zero attached hydrogens (tertiary/aromatic N) is 2. The SMILES string of the molecule is Cc1c(C(=O)NC2CCCNC2)cnn1-c1cccc(Cl)c1. The van der Waals surface area contributed by atoms with Crippen LogP contribution in [0.15, 0.2) is 30.5 Å². The predicted molar refractivity (Wildman–Crippen MR) is 86.7 cm³/mol. The molecule has 1 fully saturated rings. The molecule has 22 heavy (non-hydrogen) atoms. The minimum atomic E-state index is -0.0699. The van der Waals surface area contributed by atoms with E-state index in [1.165, 1.54) is 0 Å². The van der Waals surface area contributed by atoms with Gasteiger partial charge in [0, 0.05) is 17.6 Å². The van der Waals surface area contributed by atoms with Gasteiger partial charge in [0.05, 0.1) is 23.1 Å². The van der Waals surface area contributed by atoms with Gasteiger partial charge in [-0.3, -0.25) is 4.79 Å². The number of nitrogens with one attached hydrogen (secondary N) is 2. The molecule has 0 aliphatic carbocycles. The zero-order valence-corrected chi connectivity index (χ0v) is 13.2. The fourth-order valence-electron chi connectivity index (χ4n) is 2.74. The minimum Gasteiger partial charge on any atom is -0.348 e. The first-order valence-electron chi connectivity index (χ1n) is 7.47. The van der Waals surface area contributed by atoms with Crippen LogP contribution in [0.1, 0.15) is 28.9 Å². The summed E-state index contributed by atoms with van der Waals surface area (Å²) >= 11 is 6.02. The summed E-state index contributed by atoms with van der Waals surface area (Å²) in [4.78, 5) is 12.4. The Morgan fingerprint density at radius 2 is 2.36 bits per heavy atom. The van der Waals surface area contributed by atoms with Crippen molar-refractivity contribution >= 4 is 17.5 Å². The summed E-state index contributed by atoms with van der Waals surface area (Å²) in [6.07, 6.45) is 3.72. The second-order valence-corrected chi connectivity index (χ2v) is 5.99. The predicted octanol–water partition coefficient (Wildman–Crippen LogP) is 2.32. The van der Waals surface area contributed by atoms with Gasteiger partial charge in [-0.15, -0.1) is 0 Å². The number of amides is 1. The molecule has 0 radical (unpaired) electrons. The number of benzene rings is 1. The first-order valence-corrected chi connectivity index (χ1v) is 7.85. The van der Waals surface area contributed by atoms with Crippen LogP contribution >= 0.6 is 11.6 Å². The van der Waals surface area contributed by atoms with Gasteiger partial charge in [-0.2, -0.15) is 5.10 Å². The van der Waals surface area contributed by atoms with E-state index in [1.54, 1.807) is 10.9 Å². The second kappa shape index (κ2) is 6.50. The molecule has 2 heterocycles. The number of rotatable bonds is 3. The zero-order valence-electron chi connectivity index (χ0n) is 12.5. The maximum atomic E-state index is 12.4. The lowest BCUT2D eigenvalue weighted by atomic mass is 10.1. The quantitative estimate of drug-likeness (QED) is 0.913. The topological polar surface area (TPSA) is 59.0 Å². The van der Waals surface area contributed by atoms with Gasteiger partial charge in [-0.05, 0) is 44.5 Å². The van der Waals surface area contributed by atoms with Crippen molar-refractivity contribution in [2.24, 2.45) is 0 Å². The van der Waals surface area contributed by atoms with E-state index >= 15 is 0 Å². The lowest BCUT2D eigenvalue weighted by Crippen LogP contribution is -2.45.